The first-order valence-electron chi connectivity index (χ1n) is 13.9. The van der Waals surface area contributed by atoms with E-state index in [2.05, 4.69) is 10.6 Å². The predicted octanol–water partition coefficient (Wildman–Crippen LogP) is 4.87. The predicted molar refractivity (Wildman–Crippen MR) is 158 cm³/mol. The van der Waals surface area contributed by atoms with Gasteiger partial charge in [-0.2, -0.15) is 0 Å². The fourth-order valence-electron chi connectivity index (χ4n) is 4.15. The molecule has 3 atom stereocenters. The maximum atomic E-state index is 14.0. The maximum Gasteiger partial charge on any atom is 0.408 e. The second kappa shape index (κ2) is 14.1. The Kier molecular flexibility index (Phi) is 11.5. The lowest BCUT2D eigenvalue weighted by molar-refractivity contribution is -0.159. The molecule has 2 aromatic rings. The van der Waals surface area contributed by atoms with Crippen molar-refractivity contribution in [3.63, 3.8) is 0 Å². The molecule has 0 radical (unpaired) electrons. The summed E-state index contributed by atoms with van der Waals surface area (Å²) in [6.07, 6.45) is -0.530. The molecule has 0 aliphatic carbocycles. The van der Waals surface area contributed by atoms with Crippen LogP contribution in [0, 0.1) is 6.92 Å². The van der Waals surface area contributed by atoms with E-state index in [0.717, 1.165) is 11.1 Å². The van der Waals surface area contributed by atoms with Gasteiger partial charge >= 0.3 is 12.1 Å². The van der Waals surface area contributed by atoms with Crippen molar-refractivity contribution < 1.29 is 28.7 Å². The summed E-state index contributed by atoms with van der Waals surface area (Å²) < 4.78 is 10.9. The molecule has 3 amide bonds. The molecule has 3 unspecified atom stereocenters. The Morgan fingerprint density at radius 3 is 1.90 bits per heavy atom. The SMILES string of the molecule is CCN(C(=O)C(C)NC(=O)OC(C)(C)C)C(C(=O)NC(Cc1ccccc1)C(=O)OC(C)(C)C)c1ccc(C)cc1. The van der Waals surface area contributed by atoms with Crippen molar-refractivity contribution >= 4 is 23.9 Å². The summed E-state index contributed by atoms with van der Waals surface area (Å²) in [5.41, 5.74) is 0.890. The van der Waals surface area contributed by atoms with Gasteiger partial charge in [-0.25, -0.2) is 9.59 Å². The van der Waals surface area contributed by atoms with E-state index in [9.17, 15) is 19.2 Å². The van der Waals surface area contributed by atoms with Gasteiger partial charge in [0.15, 0.2) is 0 Å². The van der Waals surface area contributed by atoms with E-state index in [1.54, 1.807) is 60.6 Å². The molecule has 0 spiro atoms. The summed E-state index contributed by atoms with van der Waals surface area (Å²) in [5, 5.41) is 5.43. The highest BCUT2D eigenvalue weighted by molar-refractivity contribution is 5.93. The van der Waals surface area contributed by atoms with Gasteiger partial charge in [-0.1, -0.05) is 60.2 Å². The second-order valence-electron chi connectivity index (χ2n) is 12.1. The molecule has 9 heteroatoms. The molecule has 0 saturated heterocycles. The Balaban J connectivity index is 2.42. The van der Waals surface area contributed by atoms with Crippen LogP contribution in [0.2, 0.25) is 0 Å². The molecule has 0 saturated carbocycles. The number of nitrogens with zero attached hydrogens (tertiary/aromatic N) is 1. The Hall–Kier alpha value is -3.88. The number of esters is 1. The number of nitrogens with one attached hydrogen (secondary N) is 2. The molecule has 0 aliphatic rings. The Morgan fingerprint density at radius 2 is 1.39 bits per heavy atom. The number of alkyl carbamates (subject to hydrolysis) is 1. The van der Waals surface area contributed by atoms with Crippen molar-refractivity contribution in [1.82, 2.24) is 15.5 Å². The molecular weight excluding hydrogens is 522 g/mol. The van der Waals surface area contributed by atoms with E-state index in [1.807, 2.05) is 49.4 Å². The fourth-order valence-corrected chi connectivity index (χ4v) is 4.15. The standard InChI is InChI=1S/C32H45N3O6/c1-10-35(28(37)22(3)33-30(39)41-32(7,8)9)26(24-18-16-21(2)17-19-24)27(36)34-25(29(38)40-31(4,5)6)20-23-14-12-11-13-15-23/h11-19,22,25-26H,10,20H2,1-9H3,(H,33,39)(H,34,36). The summed E-state index contributed by atoms with van der Waals surface area (Å²) in [5.74, 6) is -1.59. The number of likely N-dealkylation sites (N-methyl/N-ethyl adjacent to an activating group) is 1. The molecule has 0 aliphatic heterocycles. The van der Waals surface area contributed by atoms with Gasteiger partial charge in [0.05, 0.1) is 0 Å². The Labute approximate surface area is 244 Å². The highest BCUT2D eigenvalue weighted by Crippen LogP contribution is 2.24. The third-order valence-electron chi connectivity index (χ3n) is 5.97. The van der Waals surface area contributed by atoms with E-state index in [0.29, 0.717) is 5.56 Å². The van der Waals surface area contributed by atoms with Gasteiger partial charge in [-0.3, -0.25) is 9.59 Å². The van der Waals surface area contributed by atoms with Crippen molar-refractivity contribution in [2.24, 2.45) is 0 Å². The van der Waals surface area contributed by atoms with Crippen LogP contribution in [0.15, 0.2) is 54.6 Å². The Morgan fingerprint density at radius 1 is 0.829 bits per heavy atom. The summed E-state index contributed by atoms with van der Waals surface area (Å²) in [7, 11) is 0. The van der Waals surface area contributed by atoms with Crippen LogP contribution in [0.4, 0.5) is 4.79 Å². The Bertz CT molecular complexity index is 1180. The van der Waals surface area contributed by atoms with E-state index in [4.69, 9.17) is 9.47 Å². The lowest BCUT2D eigenvalue weighted by atomic mass is 10.00. The average Bonchev–Trinajstić information content (AvgIpc) is 2.85. The number of benzene rings is 2. The van der Waals surface area contributed by atoms with Crippen molar-refractivity contribution in [2.45, 2.75) is 98.1 Å². The molecular formula is C32H45N3O6. The van der Waals surface area contributed by atoms with Crippen molar-refractivity contribution in [3.05, 3.63) is 71.3 Å². The molecule has 224 valence electrons. The van der Waals surface area contributed by atoms with Gasteiger partial charge in [0.25, 0.3) is 0 Å². The smallest absolute Gasteiger partial charge is 0.408 e. The highest BCUT2D eigenvalue weighted by Gasteiger charge is 2.36. The van der Waals surface area contributed by atoms with E-state index in [-0.39, 0.29) is 13.0 Å². The van der Waals surface area contributed by atoms with E-state index < -0.39 is 53.2 Å². The maximum absolute atomic E-state index is 14.0. The van der Waals surface area contributed by atoms with Gasteiger partial charge in [0.1, 0.15) is 29.3 Å². The summed E-state index contributed by atoms with van der Waals surface area (Å²) in [6.45, 7) is 15.9. The van der Waals surface area contributed by atoms with E-state index in [1.165, 1.54) is 11.8 Å². The normalized spacial score (nSPS) is 13.8. The fraction of sp³-hybridized carbons (Fsp3) is 0.500. The van der Waals surface area contributed by atoms with Crippen LogP contribution in [-0.4, -0.2) is 58.6 Å². The first kappa shape index (κ1) is 33.3. The lowest BCUT2D eigenvalue weighted by Crippen LogP contribution is -2.54. The molecule has 9 nitrogen and oxygen atoms in total. The van der Waals surface area contributed by atoms with Crippen LogP contribution >= 0.6 is 0 Å². The molecule has 0 fully saturated rings. The minimum absolute atomic E-state index is 0.168. The minimum atomic E-state index is -1.07. The zero-order chi connectivity index (χ0) is 31.0. The van der Waals surface area contributed by atoms with Crippen LogP contribution in [0.5, 0.6) is 0 Å². The van der Waals surface area contributed by atoms with Crippen LogP contribution < -0.4 is 10.6 Å². The molecule has 2 rings (SSSR count). The monoisotopic (exact) mass is 567 g/mol. The average molecular weight is 568 g/mol. The number of hydrogen-bond acceptors (Lipinski definition) is 6. The number of carbonyl (C=O) groups excluding carboxylic acids is 4. The van der Waals surface area contributed by atoms with E-state index >= 15 is 0 Å². The molecule has 0 heterocycles. The van der Waals surface area contributed by atoms with Crippen molar-refractivity contribution in [2.75, 3.05) is 6.54 Å². The van der Waals surface area contributed by atoms with Crippen LogP contribution in [0.25, 0.3) is 0 Å². The summed E-state index contributed by atoms with van der Waals surface area (Å²) in [4.78, 5) is 54.7. The molecule has 2 aromatic carbocycles. The summed E-state index contributed by atoms with van der Waals surface area (Å²) in [6, 6.07) is 13.5. The van der Waals surface area contributed by atoms with Gasteiger partial charge in [-0.15, -0.1) is 0 Å². The second-order valence-corrected chi connectivity index (χ2v) is 12.1. The van der Waals surface area contributed by atoms with Crippen LogP contribution in [-0.2, 0) is 30.3 Å². The van der Waals surface area contributed by atoms with Crippen LogP contribution in [0.3, 0.4) is 0 Å². The number of hydrogen-bond donors (Lipinski definition) is 2. The minimum Gasteiger partial charge on any atom is -0.458 e. The topological polar surface area (TPSA) is 114 Å². The largest absolute Gasteiger partial charge is 0.458 e. The van der Waals surface area contributed by atoms with Gasteiger partial charge in [0, 0.05) is 13.0 Å². The van der Waals surface area contributed by atoms with Crippen LogP contribution in [0.1, 0.15) is 78.1 Å². The van der Waals surface area contributed by atoms with Gasteiger partial charge in [0.2, 0.25) is 11.8 Å². The molecule has 41 heavy (non-hydrogen) atoms. The summed E-state index contributed by atoms with van der Waals surface area (Å²) >= 11 is 0. The third kappa shape index (κ3) is 10.9. The lowest BCUT2D eigenvalue weighted by Gasteiger charge is -2.34. The number of ether oxygens (including phenoxy) is 2. The number of amides is 3. The van der Waals surface area contributed by atoms with Crippen molar-refractivity contribution in [3.8, 4) is 0 Å². The quantitative estimate of drug-likeness (QED) is 0.396. The molecule has 2 N–H and O–H groups in total. The van der Waals surface area contributed by atoms with Gasteiger partial charge < -0.3 is 25.0 Å². The highest BCUT2D eigenvalue weighted by atomic mass is 16.6. The first-order valence-corrected chi connectivity index (χ1v) is 13.9. The number of carbonyl (C=O) groups is 4. The molecule has 0 aromatic heterocycles. The van der Waals surface area contributed by atoms with Crippen molar-refractivity contribution in [1.29, 1.82) is 0 Å². The van der Waals surface area contributed by atoms with Gasteiger partial charge in [-0.05, 0) is 73.4 Å². The third-order valence-corrected chi connectivity index (χ3v) is 5.97. The first-order chi connectivity index (χ1) is 19.0. The molecule has 0 bridgehead atoms. The zero-order valence-corrected chi connectivity index (χ0v) is 25.7. The number of aryl methyl sites for hydroxylation is 1. The zero-order valence-electron chi connectivity index (χ0n) is 25.7. The number of rotatable bonds is 10.